The Morgan fingerprint density at radius 2 is 2.30 bits per heavy atom. The van der Waals surface area contributed by atoms with E-state index in [0.717, 1.165) is 0 Å². The highest BCUT2D eigenvalue weighted by Gasteiger charge is 2.45. The number of aliphatic hydroxyl groups excluding tert-OH is 3. The minimum absolute atomic E-state index is 0.156. The molecule has 8 nitrogen and oxygen atoms in total. The molecule has 0 bridgehead atoms. The van der Waals surface area contributed by atoms with Crippen LogP contribution in [0.1, 0.15) is 18.0 Å². The van der Waals surface area contributed by atoms with Gasteiger partial charge in [0.25, 0.3) is 0 Å². The molecule has 110 valence electrons. The van der Waals surface area contributed by atoms with Gasteiger partial charge in [-0.1, -0.05) is 0 Å². The number of fused-ring (bicyclic) bond motifs is 1. The van der Waals surface area contributed by atoms with Gasteiger partial charge in [-0.15, -0.1) is 0 Å². The van der Waals surface area contributed by atoms with Crippen LogP contribution in [-0.4, -0.2) is 62.7 Å². The van der Waals surface area contributed by atoms with Gasteiger partial charge in [-0.3, -0.25) is 9.56 Å². The first kappa shape index (κ1) is 13.4. The summed E-state index contributed by atoms with van der Waals surface area (Å²) in [4.78, 5) is 7.94. The van der Waals surface area contributed by atoms with E-state index in [1.807, 2.05) is 0 Å². The largest absolute Gasteiger partial charge is 0.394 e. The van der Waals surface area contributed by atoms with Crippen LogP contribution in [0.2, 0.25) is 0 Å². The SMILES string of the molecule is OCC1OC(n2cnc3c2NC=NC[C@H]3O)C(F)C1O. The number of alkyl halides is 1. The number of hydrogen-bond donors (Lipinski definition) is 4. The molecule has 1 fully saturated rings. The molecule has 4 N–H and O–H groups in total. The molecular formula is C11H15FN4O4. The van der Waals surface area contributed by atoms with Crippen LogP contribution in [0.4, 0.5) is 10.2 Å². The Bertz CT molecular complexity index is 523. The fourth-order valence-corrected chi connectivity index (χ4v) is 2.39. The van der Waals surface area contributed by atoms with Crippen molar-refractivity contribution in [2.75, 3.05) is 18.5 Å². The van der Waals surface area contributed by atoms with Crippen LogP contribution >= 0.6 is 0 Å². The van der Waals surface area contributed by atoms with Gasteiger partial charge in [0.15, 0.2) is 12.4 Å². The third kappa shape index (κ3) is 1.99. The lowest BCUT2D eigenvalue weighted by Crippen LogP contribution is -2.30. The first-order valence-electron chi connectivity index (χ1n) is 6.21. The monoisotopic (exact) mass is 286 g/mol. The second-order valence-corrected chi connectivity index (χ2v) is 4.72. The van der Waals surface area contributed by atoms with Gasteiger partial charge in [0.05, 0.1) is 25.8 Å². The number of aliphatic hydroxyl groups is 3. The normalized spacial score (nSPS) is 36.5. The zero-order chi connectivity index (χ0) is 14.3. The molecule has 0 aromatic carbocycles. The topological polar surface area (TPSA) is 112 Å². The minimum Gasteiger partial charge on any atom is -0.394 e. The summed E-state index contributed by atoms with van der Waals surface area (Å²) in [6, 6.07) is 0. The maximum Gasteiger partial charge on any atom is 0.173 e. The summed E-state index contributed by atoms with van der Waals surface area (Å²) in [7, 11) is 0. The summed E-state index contributed by atoms with van der Waals surface area (Å²) in [5.74, 6) is 0.359. The molecule has 0 aliphatic carbocycles. The average Bonchev–Trinajstić information content (AvgIpc) is 2.92. The first-order chi connectivity index (χ1) is 9.63. The standard InChI is InChI=1S/C11H15FN4O4/c12-7-9(19)6(2-17)20-11(7)16-4-15-8-5(18)1-13-3-14-10(8)16/h3-7,9,11,17-19H,1-2H2,(H,13,14)/t5-,6?,7?,9?,11?/m1/s1. The average molecular weight is 286 g/mol. The van der Waals surface area contributed by atoms with Gasteiger partial charge in [-0.2, -0.15) is 0 Å². The lowest BCUT2D eigenvalue weighted by atomic mass is 10.1. The van der Waals surface area contributed by atoms with E-state index in [1.54, 1.807) is 0 Å². The third-order valence-corrected chi connectivity index (χ3v) is 3.46. The zero-order valence-electron chi connectivity index (χ0n) is 10.4. The van der Waals surface area contributed by atoms with Crippen LogP contribution in [0.3, 0.4) is 0 Å². The van der Waals surface area contributed by atoms with Crippen molar-refractivity contribution in [1.29, 1.82) is 0 Å². The summed E-state index contributed by atoms with van der Waals surface area (Å²) in [5.41, 5.74) is 0.334. The van der Waals surface area contributed by atoms with Crippen LogP contribution in [-0.2, 0) is 4.74 Å². The van der Waals surface area contributed by atoms with Crippen molar-refractivity contribution in [3.8, 4) is 0 Å². The molecule has 1 aromatic rings. The van der Waals surface area contributed by atoms with Gasteiger partial charge >= 0.3 is 0 Å². The number of nitrogens with zero attached hydrogens (tertiary/aromatic N) is 3. The molecule has 0 spiro atoms. The molecule has 4 unspecified atom stereocenters. The fourth-order valence-electron chi connectivity index (χ4n) is 2.39. The number of ether oxygens (including phenoxy) is 1. The fraction of sp³-hybridized carbons (Fsp3) is 0.636. The summed E-state index contributed by atoms with van der Waals surface area (Å²) in [6.07, 6.45) is -3.41. The van der Waals surface area contributed by atoms with Crippen LogP contribution in [0, 0.1) is 0 Å². The Morgan fingerprint density at radius 3 is 3.00 bits per heavy atom. The van der Waals surface area contributed by atoms with Crippen molar-refractivity contribution in [3.63, 3.8) is 0 Å². The minimum atomic E-state index is -1.70. The Balaban J connectivity index is 1.94. The van der Waals surface area contributed by atoms with Gasteiger partial charge in [0.1, 0.15) is 29.8 Å². The van der Waals surface area contributed by atoms with Crippen molar-refractivity contribution in [2.24, 2.45) is 4.99 Å². The number of aliphatic imine (C=N–C) groups is 1. The molecule has 0 saturated carbocycles. The number of nitrogens with one attached hydrogen (secondary N) is 1. The zero-order valence-corrected chi connectivity index (χ0v) is 10.4. The van der Waals surface area contributed by atoms with Crippen LogP contribution in [0.5, 0.6) is 0 Å². The second kappa shape index (κ2) is 5.09. The van der Waals surface area contributed by atoms with Gasteiger partial charge < -0.3 is 25.4 Å². The maximum absolute atomic E-state index is 14.1. The molecule has 1 saturated heterocycles. The van der Waals surface area contributed by atoms with Crippen LogP contribution in [0.15, 0.2) is 11.3 Å². The number of hydrogen-bond acceptors (Lipinski definition) is 7. The molecule has 9 heteroatoms. The number of imidazole rings is 1. The quantitative estimate of drug-likeness (QED) is 0.552. The lowest BCUT2D eigenvalue weighted by molar-refractivity contribution is -0.0465. The maximum atomic E-state index is 14.1. The smallest absolute Gasteiger partial charge is 0.173 e. The van der Waals surface area contributed by atoms with Crippen LogP contribution < -0.4 is 5.32 Å². The van der Waals surface area contributed by atoms with Crippen molar-refractivity contribution in [3.05, 3.63) is 12.0 Å². The highest BCUT2D eigenvalue weighted by molar-refractivity contribution is 5.76. The predicted molar refractivity (Wildman–Crippen MR) is 66.1 cm³/mol. The van der Waals surface area contributed by atoms with Gasteiger partial charge in [0.2, 0.25) is 0 Å². The molecule has 3 heterocycles. The molecule has 3 rings (SSSR count). The predicted octanol–water partition coefficient (Wildman–Crippen LogP) is -1.04. The van der Waals surface area contributed by atoms with E-state index in [9.17, 15) is 14.6 Å². The summed E-state index contributed by atoms with van der Waals surface area (Å²) >= 11 is 0. The summed E-state index contributed by atoms with van der Waals surface area (Å²) < 4.78 is 20.7. The van der Waals surface area contributed by atoms with E-state index >= 15 is 0 Å². The van der Waals surface area contributed by atoms with Crippen LogP contribution in [0.25, 0.3) is 0 Å². The molecule has 2 aliphatic rings. The van der Waals surface area contributed by atoms with Crippen molar-refractivity contribution >= 4 is 12.2 Å². The van der Waals surface area contributed by atoms with E-state index in [-0.39, 0.29) is 6.54 Å². The molecule has 2 aliphatic heterocycles. The Morgan fingerprint density at radius 1 is 1.50 bits per heavy atom. The molecule has 0 radical (unpaired) electrons. The van der Waals surface area contributed by atoms with Crippen molar-refractivity contribution < 1.29 is 24.4 Å². The number of halogens is 1. The third-order valence-electron chi connectivity index (χ3n) is 3.46. The molecular weight excluding hydrogens is 271 g/mol. The number of rotatable bonds is 2. The molecule has 5 atom stereocenters. The van der Waals surface area contributed by atoms with Crippen molar-refractivity contribution in [1.82, 2.24) is 9.55 Å². The van der Waals surface area contributed by atoms with Gasteiger partial charge in [0, 0.05) is 0 Å². The van der Waals surface area contributed by atoms with Gasteiger partial charge in [-0.25, -0.2) is 9.37 Å². The lowest BCUT2D eigenvalue weighted by Gasteiger charge is -2.17. The molecule has 20 heavy (non-hydrogen) atoms. The van der Waals surface area contributed by atoms with E-state index in [4.69, 9.17) is 9.84 Å². The highest BCUT2D eigenvalue weighted by atomic mass is 19.1. The Kier molecular flexibility index (Phi) is 3.42. The van der Waals surface area contributed by atoms with Gasteiger partial charge in [-0.05, 0) is 0 Å². The van der Waals surface area contributed by atoms with E-state index in [2.05, 4.69) is 15.3 Å². The first-order valence-corrected chi connectivity index (χ1v) is 6.21. The van der Waals surface area contributed by atoms with E-state index in [1.165, 1.54) is 17.2 Å². The number of aromatic nitrogens is 2. The molecule has 1 aromatic heterocycles. The summed E-state index contributed by atoms with van der Waals surface area (Å²) in [6.45, 7) is -0.323. The Labute approximate surface area is 113 Å². The van der Waals surface area contributed by atoms with Crippen molar-refractivity contribution in [2.45, 2.75) is 30.7 Å². The highest BCUT2D eigenvalue weighted by Crippen LogP contribution is 2.36. The van der Waals surface area contributed by atoms with E-state index < -0.39 is 37.3 Å². The van der Waals surface area contributed by atoms with E-state index in [0.29, 0.717) is 11.5 Å². The second-order valence-electron chi connectivity index (χ2n) is 4.72. The molecule has 0 amide bonds. The summed E-state index contributed by atoms with van der Waals surface area (Å²) in [5, 5.41) is 31.4. The number of anilines is 1. The Hall–Kier alpha value is -1.55.